The molecule has 7 nitrogen and oxygen atoms in total. The van der Waals surface area contributed by atoms with E-state index in [1.165, 1.54) is 14.0 Å². The summed E-state index contributed by atoms with van der Waals surface area (Å²) in [5.74, 6) is -0.236. The Balaban J connectivity index is 1.86. The van der Waals surface area contributed by atoms with Crippen molar-refractivity contribution in [1.29, 1.82) is 0 Å². The number of hydrogen-bond acceptors (Lipinski definition) is 4. The number of para-hydroxylation sites is 2. The first-order chi connectivity index (χ1) is 13.5. The molecule has 2 aromatic carbocycles. The summed E-state index contributed by atoms with van der Waals surface area (Å²) < 4.78 is 5.74. The number of carbonyl (C=O) groups excluding carboxylic acids is 3. The van der Waals surface area contributed by atoms with Crippen molar-refractivity contribution in [3.8, 4) is 5.75 Å². The molecule has 2 N–H and O–H groups in total. The fraction of sp³-hybridized carbons (Fsp3) is 0.286. The lowest BCUT2D eigenvalue weighted by molar-refractivity contribution is -0.128. The van der Waals surface area contributed by atoms with E-state index in [1.54, 1.807) is 23.1 Å². The minimum absolute atomic E-state index is 0.0678. The van der Waals surface area contributed by atoms with Crippen LogP contribution in [-0.2, 0) is 14.4 Å². The van der Waals surface area contributed by atoms with Crippen molar-refractivity contribution in [2.75, 3.05) is 18.5 Å². The third-order valence-corrected chi connectivity index (χ3v) is 4.57. The van der Waals surface area contributed by atoms with E-state index in [9.17, 15) is 14.4 Å². The number of amides is 3. The van der Waals surface area contributed by atoms with Crippen molar-refractivity contribution in [2.45, 2.75) is 25.5 Å². The van der Waals surface area contributed by atoms with Crippen LogP contribution in [0.4, 0.5) is 5.69 Å². The van der Waals surface area contributed by atoms with E-state index in [0.717, 1.165) is 5.56 Å². The highest BCUT2D eigenvalue weighted by atomic mass is 16.5. The molecule has 0 saturated heterocycles. The highest BCUT2D eigenvalue weighted by Crippen LogP contribution is 2.34. The SMILES string of the molecule is CNC(=O)[C@H]1CN(C(=O)C[C@@H](NC(C)=O)c2ccccc2)c2ccccc2O1. The maximum Gasteiger partial charge on any atom is 0.262 e. The van der Waals surface area contributed by atoms with E-state index in [-0.39, 0.29) is 30.7 Å². The normalized spacial score (nSPS) is 16.4. The Morgan fingerprint density at radius 1 is 1.11 bits per heavy atom. The Morgan fingerprint density at radius 2 is 1.79 bits per heavy atom. The maximum atomic E-state index is 13.2. The fourth-order valence-corrected chi connectivity index (χ4v) is 3.24. The minimum atomic E-state index is -0.792. The van der Waals surface area contributed by atoms with Crippen molar-refractivity contribution in [1.82, 2.24) is 10.6 Å². The Kier molecular flexibility index (Phi) is 5.93. The van der Waals surface area contributed by atoms with Crippen molar-refractivity contribution >= 4 is 23.4 Å². The van der Waals surface area contributed by atoms with Gasteiger partial charge in [0.2, 0.25) is 11.8 Å². The van der Waals surface area contributed by atoms with Gasteiger partial charge in [-0.05, 0) is 17.7 Å². The van der Waals surface area contributed by atoms with Crippen LogP contribution in [0.15, 0.2) is 54.6 Å². The fourth-order valence-electron chi connectivity index (χ4n) is 3.24. The van der Waals surface area contributed by atoms with Crippen molar-refractivity contribution in [3.05, 3.63) is 60.2 Å². The first-order valence-electron chi connectivity index (χ1n) is 9.09. The van der Waals surface area contributed by atoms with Gasteiger partial charge in [-0.15, -0.1) is 0 Å². The summed E-state index contributed by atoms with van der Waals surface area (Å²) in [6.07, 6.45) is -0.724. The Labute approximate surface area is 163 Å². The molecule has 28 heavy (non-hydrogen) atoms. The molecule has 0 radical (unpaired) electrons. The summed E-state index contributed by atoms with van der Waals surface area (Å²) in [6.45, 7) is 1.53. The van der Waals surface area contributed by atoms with E-state index < -0.39 is 12.1 Å². The molecule has 7 heteroatoms. The molecule has 0 saturated carbocycles. The number of likely N-dealkylation sites (N-methyl/N-ethyl adjacent to an activating group) is 1. The van der Waals surface area contributed by atoms with Crippen molar-refractivity contribution < 1.29 is 19.1 Å². The zero-order chi connectivity index (χ0) is 20.1. The molecule has 2 aromatic rings. The summed E-state index contributed by atoms with van der Waals surface area (Å²) >= 11 is 0. The van der Waals surface area contributed by atoms with Crippen LogP contribution in [0.3, 0.4) is 0 Å². The molecule has 2 atom stereocenters. The summed E-state index contributed by atoms with van der Waals surface area (Å²) in [6, 6.07) is 16.0. The second-order valence-corrected chi connectivity index (χ2v) is 6.56. The molecular weight excluding hydrogens is 358 g/mol. The molecule has 0 unspecified atom stereocenters. The van der Waals surface area contributed by atoms with E-state index >= 15 is 0 Å². The molecule has 146 valence electrons. The van der Waals surface area contributed by atoms with Gasteiger partial charge in [-0.2, -0.15) is 0 Å². The molecule has 0 fully saturated rings. The van der Waals surface area contributed by atoms with Gasteiger partial charge in [0.1, 0.15) is 5.75 Å². The van der Waals surface area contributed by atoms with Crippen LogP contribution in [0, 0.1) is 0 Å². The monoisotopic (exact) mass is 381 g/mol. The van der Waals surface area contributed by atoms with E-state index in [1.807, 2.05) is 36.4 Å². The van der Waals surface area contributed by atoms with E-state index in [0.29, 0.717) is 11.4 Å². The summed E-state index contributed by atoms with van der Waals surface area (Å²) in [5.41, 5.74) is 1.46. The number of fused-ring (bicyclic) bond motifs is 1. The first-order valence-corrected chi connectivity index (χ1v) is 9.09. The third-order valence-electron chi connectivity index (χ3n) is 4.57. The van der Waals surface area contributed by atoms with Crippen LogP contribution in [-0.4, -0.2) is 37.4 Å². The van der Waals surface area contributed by atoms with Gasteiger partial charge in [-0.25, -0.2) is 0 Å². The Hall–Kier alpha value is -3.35. The summed E-state index contributed by atoms with van der Waals surface area (Å²) in [5, 5.41) is 5.40. The zero-order valence-electron chi connectivity index (χ0n) is 15.8. The largest absolute Gasteiger partial charge is 0.477 e. The van der Waals surface area contributed by atoms with Gasteiger partial charge >= 0.3 is 0 Å². The first kappa shape index (κ1) is 19.4. The highest BCUT2D eigenvalue weighted by molar-refractivity contribution is 5.97. The number of hydrogen-bond donors (Lipinski definition) is 2. The number of nitrogens with one attached hydrogen (secondary N) is 2. The van der Waals surface area contributed by atoms with Crippen LogP contribution in [0.1, 0.15) is 24.9 Å². The van der Waals surface area contributed by atoms with Gasteiger partial charge < -0.3 is 20.3 Å². The average molecular weight is 381 g/mol. The van der Waals surface area contributed by atoms with E-state index in [2.05, 4.69) is 10.6 Å². The molecule has 1 aliphatic rings. The van der Waals surface area contributed by atoms with Gasteiger partial charge in [-0.3, -0.25) is 14.4 Å². The minimum Gasteiger partial charge on any atom is -0.477 e. The summed E-state index contributed by atoms with van der Waals surface area (Å²) in [4.78, 5) is 38.5. The van der Waals surface area contributed by atoms with Crippen LogP contribution < -0.4 is 20.3 Å². The van der Waals surface area contributed by atoms with Gasteiger partial charge in [0.05, 0.1) is 24.7 Å². The number of anilines is 1. The second-order valence-electron chi connectivity index (χ2n) is 6.56. The van der Waals surface area contributed by atoms with Crippen LogP contribution in [0.5, 0.6) is 5.75 Å². The number of benzene rings is 2. The van der Waals surface area contributed by atoms with Crippen LogP contribution >= 0.6 is 0 Å². The lowest BCUT2D eigenvalue weighted by atomic mass is 10.0. The third kappa shape index (κ3) is 4.31. The van der Waals surface area contributed by atoms with Crippen LogP contribution in [0.25, 0.3) is 0 Å². The number of nitrogens with zero attached hydrogens (tertiary/aromatic N) is 1. The lowest BCUT2D eigenvalue weighted by Gasteiger charge is -2.34. The van der Waals surface area contributed by atoms with E-state index in [4.69, 9.17) is 4.74 Å². The predicted octanol–water partition coefficient (Wildman–Crippen LogP) is 1.79. The molecule has 0 aliphatic carbocycles. The zero-order valence-corrected chi connectivity index (χ0v) is 15.8. The average Bonchev–Trinajstić information content (AvgIpc) is 2.72. The second kappa shape index (κ2) is 8.56. The van der Waals surface area contributed by atoms with Gasteiger partial charge in [0, 0.05) is 14.0 Å². The van der Waals surface area contributed by atoms with Crippen LogP contribution in [0.2, 0.25) is 0 Å². The molecule has 3 rings (SSSR count). The molecule has 1 aliphatic heterocycles. The Morgan fingerprint density at radius 3 is 2.46 bits per heavy atom. The molecular formula is C21H23N3O4. The highest BCUT2D eigenvalue weighted by Gasteiger charge is 2.34. The number of rotatable bonds is 5. The molecule has 0 aromatic heterocycles. The lowest BCUT2D eigenvalue weighted by Crippen LogP contribution is -2.50. The quantitative estimate of drug-likeness (QED) is 0.827. The Bertz CT molecular complexity index is 869. The number of ether oxygens (including phenoxy) is 1. The van der Waals surface area contributed by atoms with Crippen molar-refractivity contribution in [3.63, 3.8) is 0 Å². The van der Waals surface area contributed by atoms with Gasteiger partial charge in [0.25, 0.3) is 5.91 Å². The molecule has 1 heterocycles. The molecule has 0 spiro atoms. The standard InChI is InChI=1S/C21H23N3O4/c1-14(25)23-16(15-8-4-3-5-9-15)12-20(26)24-13-19(21(27)22-2)28-18-11-7-6-10-17(18)24/h3-11,16,19H,12-13H2,1-2H3,(H,22,27)(H,23,25)/t16-,19-/m1/s1. The maximum absolute atomic E-state index is 13.2. The number of carbonyl (C=O) groups is 3. The smallest absolute Gasteiger partial charge is 0.262 e. The van der Waals surface area contributed by atoms with Gasteiger partial charge in [-0.1, -0.05) is 42.5 Å². The molecule has 0 bridgehead atoms. The topological polar surface area (TPSA) is 87.7 Å². The van der Waals surface area contributed by atoms with Crippen molar-refractivity contribution in [2.24, 2.45) is 0 Å². The molecule has 3 amide bonds. The summed E-state index contributed by atoms with van der Waals surface area (Å²) in [7, 11) is 1.53. The van der Waals surface area contributed by atoms with Gasteiger partial charge in [0.15, 0.2) is 6.10 Å². The predicted molar refractivity (Wildman–Crippen MR) is 105 cm³/mol.